The summed E-state index contributed by atoms with van der Waals surface area (Å²) in [7, 11) is 0. The maximum absolute atomic E-state index is 10.1. The van der Waals surface area contributed by atoms with E-state index in [2.05, 4.69) is 43.6 Å². The number of H-pyrrole nitrogens is 1. The number of rotatable bonds is 4. The highest BCUT2D eigenvalue weighted by Crippen LogP contribution is 2.31. The van der Waals surface area contributed by atoms with Gasteiger partial charge in [0.25, 0.3) is 0 Å². The van der Waals surface area contributed by atoms with Gasteiger partial charge in [0, 0.05) is 28.4 Å². The van der Waals surface area contributed by atoms with Crippen molar-refractivity contribution in [1.29, 1.82) is 0 Å². The molecule has 0 spiro atoms. The van der Waals surface area contributed by atoms with Crippen LogP contribution in [0.4, 0.5) is 11.8 Å². The molecule has 6 nitrogen and oxygen atoms in total. The first kappa shape index (κ1) is 20.0. The number of nitrogens with one attached hydrogen (secondary N) is 2. The molecule has 0 amide bonds. The Morgan fingerprint density at radius 3 is 2.92 bits per heavy atom. The lowest BCUT2D eigenvalue weighted by Crippen LogP contribution is -2.00. The van der Waals surface area contributed by atoms with Gasteiger partial charge in [-0.15, -0.1) is 36.2 Å². The molecule has 136 valence electrons. The lowest BCUT2D eigenvalue weighted by Gasteiger charge is -2.01. The number of aliphatic imine (C=N–C) groups is 1. The average molecular weight is 410 g/mol. The van der Waals surface area contributed by atoms with Gasteiger partial charge in [-0.1, -0.05) is 0 Å². The normalized spacial score (nSPS) is 13.2. The molecule has 3 aromatic rings. The molecular formula is C17H17Cl2N5OS. The van der Waals surface area contributed by atoms with Crippen molar-refractivity contribution in [1.82, 2.24) is 15.0 Å². The number of aromatic amines is 1. The van der Waals surface area contributed by atoms with Crippen molar-refractivity contribution in [3.8, 4) is 5.88 Å². The third-order valence-electron chi connectivity index (χ3n) is 3.82. The van der Waals surface area contributed by atoms with Crippen molar-refractivity contribution in [2.24, 2.45) is 4.99 Å². The van der Waals surface area contributed by atoms with Gasteiger partial charge in [-0.25, -0.2) is 9.98 Å². The minimum absolute atomic E-state index is 0. The van der Waals surface area contributed by atoms with Gasteiger partial charge in [-0.3, -0.25) is 0 Å². The molecule has 0 radical (unpaired) electrons. The molecule has 9 heteroatoms. The molecule has 1 aliphatic rings. The molecular weight excluding hydrogens is 393 g/mol. The molecule has 0 saturated carbocycles. The number of hydrogen-bond acceptors (Lipinski definition) is 6. The number of aromatic hydroxyl groups is 1. The van der Waals surface area contributed by atoms with Crippen molar-refractivity contribution in [3.05, 3.63) is 51.5 Å². The number of allylic oxidation sites excluding steroid dienone is 1. The number of thiophene rings is 1. The molecule has 0 aromatic carbocycles. The van der Waals surface area contributed by atoms with E-state index in [4.69, 9.17) is 0 Å². The number of anilines is 1. The highest BCUT2D eigenvalue weighted by atomic mass is 35.5. The zero-order chi connectivity index (χ0) is 16.5. The van der Waals surface area contributed by atoms with Crippen molar-refractivity contribution in [2.45, 2.75) is 13.5 Å². The Hall–Kier alpha value is -2.35. The minimum atomic E-state index is -0.0429. The van der Waals surface area contributed by atoms with Gasteiger partial charge in [-0.05, 0) is 42.1 Å². The third-order valence-corrected chi connectivity index (χ3v) is 4.84. The van der Waals surface area contributed by atoms with E-state index in [1.807, 2.05) is 18.2 Å². The molecule has 0 atom stereocenters. The van der Waals surface area contributed by atoms with Crippen LogP contribution in [-0.2, 0) is 6.54 Å². The first-order valence-corrected chi connectivity index (χ1v) is 8.35. The second-order valence-corrected chi connectivity index (χ2v) is 6.44. The Bertz CT molecular complexity index is 964. The third kappa shape index (κ3) is 3.90. The maximum atomic E-state index is 10.1. The lowest BCUT2D eigenvalue weighted by atomic mass is 10.1. The molecule has 3 N–H and O–H groups in total. The lowest BCUT2D eigenvalue weighted by molar-refractivity contribution is 0.455. The molecule has 0 aliphatic carbocycles. The van der Waals surface area contributed by atoms with Crippen LogP contribution in [0.25, 0.3) is 11.6 Å². The van der Waals surface area contributed by atoms with E-state index < -0.39 is 0 Å². The van der Waals surface area contributed by atoms with Gasteiger partial charge in [0.05, 0.1) is 6.54 Å². The van der Waals surface area contributed by atoms with Crippen LogP contribution in [0.3, 0.4) is 0 Å². The fraction of sp³-hybridized carbons (Fsp3) is 0.118. The number of halogens is 2. The van der Waals surface area contributed by atoms with Crippen molar-refractivity contribution in [2.75, 3.05) is 5.32 Å². The monoisotopic (exact) mass is 409 g/mol. The zero-order valence-corrected chi connectivity index (χ0v) is 16.2. The van der Waals surface area contributed by atoms with E-state index >= 15 is 0 Å². The zero-order valence-electron chi connectivity index (χ0n) is 13.8. The molecule has 4 rings (SSSR count). The van der Waals surface area contributed by atoms with Crippen LogP contribution in [0.1, 0.15) is 21.7 Å². The van der Waals surface area contributed by atoms with Crippen LogP contribution >= 0.6 is 36.2 Å². The standard InChI is InChI=1S/C17H15N5OS.2ClH/c1-10-4-6-24-14(10)9-20-17-21-13(16(23)22-17)7-11-8-19-15-12(11)3-2-5-18-15;;/h2-8,23H,9H2,1H3,(H2,20,21,22);2*1H/b11-7+;;. The van der Waals surface area contributed by atoms with Crippen LogP contribution < -0.4 is 5.32 Å². The maximum Gasteiger partial charge on any atom is 0.238 e. The Balaban J connectivity index is 0.00000121. The molecule has 0 bridgehead atoms. The van der Waals surface area contributed by atoms with E-state index in [1.165, 1.54) is 10.4 Å². The summed E-state index contributed by atoms with van der Waals surface area (Å²) in [5.74, 6) is 1.18. The second kappa shape index (κ2) is 8.35. The number of nitrogens with zero attached hydrogens (tertiary/aromatic N) is 3. The summed E-state index contributed by atoms with van der Waals surface area (Å²) >= 11 is 1.70. The number of aryl methyl sites for hydroxylation is 1. The number of pyridine rings is 1. The topological polar surface area (TPSA) is 86.2 Å². The Kier molecular flexibility index (Phi) is 6.42. The van der Waals surface area contributed by atoms with Gasteiger partial charge in [0.1, 0.15) is 5.69 Å². The highest BCUT2D eigenvalue weighted by Gasteiger charge is 2.15. The van der Waals surface area contributed by atoms with Gasteiger partial charge in [0.2, 0.25) is 11.8 Å². The fourth-order valence-corrected chi connectivity index (χ4v) is 3.35. The summed E-state index contributed by atoms with van der Waals surface area (Å²) in [6.07, 6.45) is 5.27. The number of fused-ring (bicyclic) bond motifs is 1. The predicted octanol–water partition coefficient (Wildman–Crippen LogP) is 4.59. The summed E-state index contributed by atoms with van der Waals surface area (Å²) in [5.41, 5.74) is 3.61. The van der Waals surface area contributed by atoms with Gasteiger partial charge in [0.15, 0.2) is 5.82 Å². The summed E-state index contributed by atoms with van der Waals surface area (Å²) in [5, 5.41) is 15.3. The first-order chi connectivity index (χ1) is 11.7. The number of imidazole rings is 1. The largest absolute Gasteiger partial charge is 0.492 e. The summed E-state index contributed by atoms with van der Waals surface area (Å²) in [6, 6.07) is 5.90. The van der Waals surface area contributed by atoms with E-state index in [1.54, 1.807) is 23.7 Å². The quantitative estimate of drug-likeness (QED) is 0.587. The Morgan fingerprint density at radius 1 is 1.31 bits per heavy atom. The fourth-order valence-electron chi connectivity index (χ4n) is 2.51. The van der Waals surface area contributed by atoms with Gasteiger partial charge >= 0.3 is 0 Å². The number of hydrogen-bond donors (Lipinski definition) is 3. The highest BCUT2D eigenvalue weighted by molar-refractivity contribution is 7.10. The van der Waals surface area contributed by atoms with Crippen molar-refractivity contribution in [3.63, 3.8) is 0 Å². The van der Waals surface area contributed by atoms with Gasteiger partial charge in [-0.2, -0.15) is 4.98 Å². The van der Waals surface area contributed by atoms with Crippen LogP contribution in [0.15, 0.2) is 34.8 Å². The number of aromatic nitrogens is 3. The predicted molar refractivity (Wildman–Crippen MR) is 111 cm³/mol. The Labute approximate surface area is 167 Å². The van der Waals surface area contributed by atoms with Crippen LogP contribution in [0.5, 0.6) is 5.88 Å². The van der Waals surface area contributed by atoms with E-state index in [-0.39, 0.29) is 30.7 Å². The molecule has 0 fully saturated rings. The SMILES string of the molecule is Cc1ccsc1CNc1nc(O)c(/C=C2\C=Nc3ncccc32)[nH]1.Cl.Cl. The summed E-state index contributed by atoms with van der Waals surface area (Å²) in [6.45, 7) is 2.74. The summed E-state index contributed by atoms with van der Waals surface area (Å²) < 4.78 is 0. The smallest absolute Gasteiger partial charge is 0.238 e. The molecule has 0 saturated heterocycles. The molecule has 0 unspecified atom stereocenters. The van der Waals surface area contributed by atoms with Crippen LogP contribution in [0, 0.1) is 6.92 Å². The summed E-state index contributed by atoms with van der Waals surface area (Å²) in [4.78, 5) is 16.9. The van der Waals surface area contributed by atoms with E-state index in [0.717, 1.165) is 11.1 Å². The van der Waals surface area contributed by atoms with E-state index in [9.17, 15) is 5.11 Å². The van der Waals surface area contributed by atoms with Crippen molar-refractivity contribution < 1.29 is 5.11 Å². The van der Waals surface area contributed by atoms with Gasteiger partial charge < -0.3 is 15.4 Å². The molecule has 3 aromatic heterocycles. The first-order valence-electron chi connectivity index (χ1n) is 7.47. The van der Waals surface area contributed by atoms with Crippen LogP contribution in [0.2, 0.25) is 0 Å². The molecule has 1 aliphatic heterocycles. The molecule has 26 heavy (non-hydrogen) atoms. The molecule has 4 heterocycles. The second-order valence-electron chi connectivity index (χ2n) is 5.44. The van der Waals surface area contributed by atoms with Crippen LogP contribution in [-0.4, -0.2) is 26.3 Å². The Morgan fingerprint density at radius 2 is 2.15 bits per heavy atom. The minimum Gasteiger partial charge on any atom is -0.492 e. The van der Waals surface area contributed by atoms with Crippen molar-refractivity contribution >= 4 is 65.8 Å². The average Bonchev–Trinajstić information content (AvgIpc) is 3.27. The van der Waals surface area contributed by atoms with E-state index in [0.29, 0.717) is 24.0 Å².